The van der Waals surface area contributed by atoms with E-state index < -0.39 is 11.6 Å². The van der Waals surface area contributed by atoms with Gasteiger partial charge in [0, 0.05) is 10.5 Å². The van der Waals surface area contributed by atoms with Gasteiger partial charge in [0.2, 0.25) is 0 Å². The maximum Gasteiger partial charge on any atom is 0.150 e. The number of halogens is 3. The Balaban J connectivity index is 2.29. The number of rotatable bonds is 3. The van der Waals surface area contributed by atoms with Crippen LogP contribution in [0.5, 0.6) is 0 Å². The van der Waals surface area contributed by atoms with Crippen molar-refractivity contribution >= 4 is 44.6 Å². The Labute approximate surface area is 121 Å². The first-order valence-corrected chi connectivity index (χ1v) is 6.21. The minimum absolute atomic E-state index is 0.0683. The Morgan fingerprint density at radius 2 is 2.00 bits per heavy atom. The molecule has 0 fully saturated rings. The number of benzene rings is 1. The number of anilines is 2. The quantitative estimate of drug-likeness (QED) is 0.838. The van der Waals surface area contributed by atoms with Crippen molar-refractivity contribution in [1.29, 1.82) is 0 Å². The zero-order valence-corrected chi connectivity index (χ0v) is 11.7. The van der Waals surface area contributed by atoms with Gasteiger partial charge in [0.25, 0.3) is 0 Å². The molecule has 1 aromatic carbocycles. The van der Waals surface area contributed by atoms with E-state index in [9.17, 15) is 8.78 Å². The summed E-state index contributed by atoms with van der Waals surface area (Å²) in [5, 5.41) is 2.69. The van der Waals surface area contributed by atoms with E-state index in [4.69, 9.17) is 18.0 Å². The molecule has 2 aromatic rings. The third kappa shape index (κ3) is 3.21. The van der Waals surface area contributed by atoms with Crippen molar-refractivity contribution in [2.75, 3.05) is 5.32 Å². The molecule has 0 unspecified atom stereocenters. The molecule has 0 aliphatic carbocycles. The molecule has 4 nitrogen and oxygen atoms in total. The predicted octanol–water partition coefficient (Wildman–Crippen LogP) is 2.90. The van der Waals surface area contributed by atoms with Gasteiger partial charge in [-0.25, -0.2) is 18.7 Å². The lowest BCUT2D eigenvalue weighted by Gasteiger charge is -2.09. The highest BCUT2D eigenvalue weighted by molar-refractivity contribution is 9.10. The number of nitrogens with two attached hydrogens (primary N) is 1. The normalized spacial score (nSPS) is 10.3. The summed E-state index contributed by atoms with van der Waals surface area (Å²) in [6.45, 7) is 0. The Bertz CT molecular complexity index is 610. The maximum atomic E-state index is 13.6. The maximum absolute atomic E-state index is 13.6. The van der Waals surface area contributed by atoms with Crippen LogP contribution in [0.2, 0.25) is 0 Å². The zero-order chi connectivity index (χ0) is 14.0. The summed E-state index contributed by atoms with van der Waals surface area (Å²) in [7, 11) is 0. The van der Waals surface area contributed by atoms with Gasteiger partial charge in [-0.15, -0.1) is 0 Å². The second kappa shape index (κ2) is 5.54. The van der Waals surface area contributed by atoms with Crippen LogP contribution in [0.1, 0.15) is 5.69 Å². The van der Waals surface area contributed by atoms with E-state index in [-0.39, 0.29) is 21.0 Å². The van der Waals surface area contributed by atoms with Gasteiger partial charge in [0.1, 0.15) is 22.3 Å². The molecule has 0 amide bonds. The van der Waals surface area contributed by atoms with Crippen LogP contribution in [0.25, 0.3) is 0 Å². The molecule has 1 aromatic heterocycles. The Morgan fingerprint density at radius 3 is 2.53 bits per heavy atom. The average molecular weight is 345 g/mol. The Morgan fingerprint density at radius 1 is 1.26 bits per heavy atom. The molecule has 19 heavy (non-hydrogen) atoms. The molecule has 0 atom stereocenters. The standard InChI is InChI=1S/C11H7BrF2N4S/c12-6-1-5(13)2-7(14)10(6)18-9-4-16-8(3-17-9)11(15)19/h1-4H,(H2,15,19)(H,17,18). The van der Waals surface area contributed by atoms with E-state index in [0.717, 1.165) is 12.1 Å². The fraction of sp³-hybridized carbons (Fsp3) is 0. The number of thiocarbonyl (C=S) groups is 1. The summed E-state index contributed by atoms with van der Waals surface area (Å²) in [6.07, 6.45) is 2.71. The first-order chi connectivity index (χ1) is 8.97. The van der Waals surface area contributed by atoms with Crippen LogP contribution in [0.4, 0.5) is 20.3 Å². The summed E-state index contributed by atoms with van der Waals surface area (Å²) in [5.74, 6) is -1.14. The lowest BCUT2D eigenvalue weighted by Crippen LogP contribution is -2.12. The highest BCUT2D eigenvalue weighted by Crippen LogP contribution is 2.28. The van der Waals surface area contributed by atoms with Gasteiger partial charge in [0.15, 0.2) is 5.82 Å². The molecular weight excluding hydrogens is 338 g/mol. The van der Waals surface area contributed by atoms with Crippen molar-refractivity contribution in [2.24, 2.45) is 5.73 Å². The monoisotopic (exact) mass is 344 g/mol. The average Bonchev–Trinajstić information content (AvgIpc) is 2.34. The largest absolute Gasteiger partial charge is 0.388 e. The minimum Gasteiger partial charge on any atom is -0.388 e. The molecule has 0 radical (unpaired) electrons. The fourth-order valence-electron chi connectivity index (χ4n) is 1.31. The summed E-state index contributed by atoms with van der Waals surface area (Å²) in [4.78, 5) is 8.04. The smallest absolute Gasteiger partial charge is 0.150 e. The molecular formula is C11H7BrF2N4S. The minimum atomic E-state index is -0.743. The molecule has 2 rings (SSSR count). The van der Waals surface area contributed by atoms with E-state index in [1.807, 2.05) is 0 Å². The molecule has 3 N–H and O–H groups in total. The van der Waals surface area contributed by atoms with Crippen LogP contribution in [-0.4, -0.2) is 15.0 Å². The summed E-state index contributed by atoms with van der Waals surface area (Å²) in [6, 6.07) is 1.91. The third-order valence-corrected chi connectivity index (χ3v) is 3.00. The van der Waals surface area contributed by atoms with E-state index >= 15 is 0 Å². The summed E-state index contributed by atoms with van der Waals surface area (Å²) in [5.41, 5.74) is 5.81. The highest BCUT2D eigenvalue weighted by Gasteiger charge is 2.10. The number of hydrogen-bond donors (Lipinski definition) is 2. The second-order valence-electron chi connectivity index (χ2n) is 3.52. The van der Waals surface area contributed by atoms with Gasteiger partial charge in [0.05, 0.1) is 18.1 Å². The number of hydrogen-bond acceptors (Lipinski definition) is 4. The first kappa shape index (κ1) is 13.8. The molecule has 1 heterocycles. The Kier molecular flexibility index (Phi) is 4.01. The van der Waals surface area contributed by atoms with Crippen LogP contribution < -0.4 is 11.1 Å². The van der Waals surface area contributed by atoms with Crippen LogP contribution >= 0.6 is 28.1 Å². The topological polar surface area (TPSA) is 63.8 Å². The molecule has 0 saturated heterocycles. The summed E-state index contributed by atoms with van der Waals surface area (Å²) >= 11 is 7.80. The molecule has 8 heteroatoms. The van der Waals surface area contributed by atoms with Gasteiger partial charge >= 0.3 is 0 Å². The van der Waals surface area contributed by atoms with Crippen LogP contribution in [0.15, 0.2) is 29.0 Å². The van der Waals surface area contributed by atoms with Crippen molar-refractivity contribution in [3.63, 3.8) is 0 Å². The summed E-state index contributed by atoms with van der Waals surface area (Å²) < 4.78 is 26.8. The fourth-order valence-corrected chi connectivity index (χ4v) is 1.92. The van der Waals surface area contributed by atoms with E-state index in [1.54, 1.807) is 0 Å². The first-order valence-electron chi connectivity index (χ1n) is 5.01. The van der Waals surface area contributed by atoms with Gasteiger partial charge in [-0.1, -0.05) is 12.2 Å². The highest BCUT2D eigenvalue weighted by atomic mass is 79.9. The van der Waals surface area contributed by atoms with Crippen LogP contribution in [0.3, 0.4) is 0 Å². The van der Waals surface area contributed by atoms with Crippen LogP contribution in [-0.2, 0) is 0 Å². The Hall–Kier alpha value is -1.67. The molecule has 0 spiro atoms. The lowest BCUT2D eigenvalue weighted by atomic mass is 10.3. The van der Waals surface area contributed by atoms with Crippen molar-refractivity contribution in [3.8, 4) is 0 Å². The number of nitrogens with one attached hydrogen (secondary N) is 1. The number of nitrogens with zero attached hydrogens (tertiary/aromatic N) is 2. The van der Waals surface area contributed by atoms with E-state index in [1.165, 1.54) is 12.4 Å². The van der Waals surface area contributed by atoms with E-state index in [0.29, 0.717) is 5.69 Å². The molecule has 0 aliphatic heterocycles. The van der Waals surface area contributed by atoms with E-state index in [2.05, 4.69) is 31.2 Å². The molecule has 98 valence electrons. The second-order valence-corrected chi connectivity index (χ2v) is 4.81. The van der Waals surface area contributed by atoms with Crippen molar-refractivity contribution in [3.05, 3.63) is 46.3 Å². The molecule has 0 aliphatic rings. The van der Waals surface area contributed by atoms with Gasteiger partial charge < -0.3 is 11.1 Å². The van der Waals surface area contributed by atoms with Gasteiger partial charge in [-0.3, -0.25) is 0 Å². The van der Waals surface area contributed by atoms with Gasteiger partial charge in [-0.2, -0.15) is 0 Å². The number of aromatic nitrogens is 2. The van der Waals surface area contributed by atoms with Crippen LogP contribution in [0, 0.1) is 11.6 Å². The van der Waals surface area contributed by atoms with Crippen molar-refractivity contribution < 1.29 is 8.78 Å². The lowest BCUT2D eigenvalue weighted by molar-refractivity contribution is 0.584. The zero-order valence-electron chi connectivity index (χ0n) is 9.32. The molecule has 0 bridgehead atoms. The van der Waals surface area contributed by atoms with Crippen molar-refractivity contribution in [1.82, 2.24) is 9.97 Å². The van der Waals surface area contributed by atoms with Crippen molar-refractivity contribution in [2.45, 2.75) is 0 Å². The third-order valence-electron chi connectivity index (χ3n) is 2.16. The SMILES string of the molecule is NC(=S)c1cnc(Nc2c(F)cc(F)cc2Br)cn1. The predicted molar refractivity (Wildman–Crippen MR) is 75.3 cm³/mol. The van der Waals surface area contributed by atoms with Gasteiger partial charge in [-0.05, 0) is 22.0 Å². The molecule has 0 saturated carbocycles.